The molecule has 0 aromatic heterocycles. The second kappa shape index (κ2) is 4.63. The minimum atomic E-state index is -2.72. The highest BCUT2D eigenvalue weighted by Crippen LogP contribution is 2.22. The predicted molar refractivity (Wildman–Crippen MR) is 65.0 cm³/mol. The summed E-state index contributed by atoms with van der Waals surface area (Å²) in [5.41, 5.74) is 5.97. The van der Waals surface area contributed by atoms with E-state index in [0.717, 1.165) is 32.5 Å². The molecule has 0 aromatic carbocycles. The van der Waals surface area contributed by atoms with Crippen molar-refractivity contribution in [2.24, 2.45) is 17.6 Å². The first-order valence-corrected chi connectivity index (χ1v) is 7.97. The molecule has 0 aromatic rings. The van der Waals surface area contributed by atoms with Crippen molar-refractivity contribution in [1.29, 1.82) is 0 Å². The van der Waals surface area contributed by atoms with Crippen molar-refractivity contribution < 1.29 is 8.42 Å². The van der Waals surface area contributed by atoms with Gasteiger partial charge in [0.05, 0.1) is 11.5 Å². The summed E-state index contributed by atoms with van der Waals surface area (Å²) in [5, 5.41) is 0. The highest BCUT2D eigenvalue weighted by atomic mass is 32.2. The zero-order valence-corrected chi connectivity index (χ0v) is 10.7. The van der Waals surface area contributed by atoms with Crippen LogP contribution >= 0.6 is 0 Å². The van der Waals surface area contributed by atoms with E-state index >= 15 is 0 Å². The van der Waals surface area contributed by atoms with Crippen LogP contribution in [0.15, 0.2) is 0 Å². The standard InChI is InChI=1S/C11H22N2O2S/c1-9-6-13(4-2-11(9)12)7-10-3-5-16(14,15)8-10/h9-11H,2-8,12H2,1H3. The monoisotopic (exact) mass is 246 g/mol. The van der Waals surface area contributed by atoms with Gasteiger partial charge in [0, 0.05) is 19.1 Å². The number of sulfone groups is 1. The van der Waals surface area contributed by atoms with E-state index in [1.807, 2.05) is 0 Å². The van der Waals surface area contributed by atoms with Gasteiger partial charge in [-0.1, -0.05) is 6.92 Å². The third-order valence-electron chi connectivity index (χ3n) is 3.90. The number of rotatable bonds is 2. The Bertz CT molecular complexity index is 342. The summed E-state index contributed by atoms with van der Waals surface area (Å²) in [4.78, 5) is 2.39. The van der Waals surface area contributed by atoms with Crippen LogP contribution in [0, 0.1) is 11.8 Å². The van der Waals surface area contributed by atoms with Crippen molar-refractivity contribution in [2.45, 2.75) is 25.8 Å². The molecule has 3 atom stereocenters. The summed E-state index contributed by atoms with van der Waals surface area (Å²) in [7, 11) is -2.72. The van der Waals surface area contributed by atoms with Gasteiger partial charge in [0.1, 0.15) is 0 Å². The van der Waals surface area contributed by atoms with Crippen LogP contribution in [0.1, 0.15) is 19.8 Å². The van der Waals surface area contributed by atoms with Crippen molar-refractivity contribution in [2.75, 3.05) is 31.1 Å². The number of hydrogen-bond acceptors (Lipinski definition) is 4. The minimum Gasteiger partial charge on any atom is -0.327 e. The molecule has 0 saturated carbocycles. The van der Waals surface area contributed by atoms with Gasteiger partial charge in [-0.3, -0.25) is 0 Å². The SMILES string of the molecule is CC1CN(CC2CCS(=O)(=O)C2)CCC1N. The lowest BCUT2D eigenvalue weighted by molar-refractivity contribution is 0.147. The van der Waals surface area contributed by atoms with E-state index in [9.17, 15) is 8.42 Å². The second-order valence-electron chi connectivity index (χ2n) is 5.46. The molecule has 0 amide bonds. The maximum absolute atomic E-state index is 11.4. The first kappa shape index (κ1) is 12.3. The Morgan fingerprint density at radius 1 is 1.38 bits per heavy atom. The lowest BCUT2D eigenvalue weighted by Gasteiger charge is -2.36. The molecule has 5 heteroatoms. The first-order chi connectivity index (χ1) is 7.46. The van der Waals surface area contributed by atoms with E-state index in [2.05, 4.69) is 11.8 Å². The van der Waals surface area contributed by atoms with E-state index in [1.165, 1.54) is 0 Å². The third kappa shape index (κ3) is 2.96. The molecule has 16 heavy (non-hydrogen) atoms. The molecule has 0 aliphatic carbocycles. The number of nitrogens with zero attached hydrogens (tertiary/aromatic N) is 1. The van der Waals surface area contributed by atoms with Gasteiger partial charge < -0.3 is 10.6 Å². The number of piperidine rings is 1. The van der Waals surface area contributed by atoms with Crippen LogP contribution in [0.3, 0.4) is 0 Å². The fraction of sp³-hybridized carbons (Fsp3) is 1.00. The molecule has 2 saturated heterocycles. The first-order valence-electron chi connectivity index (χ1n) is 6.14. The van der Waals surface area contributed by atoms with Gasteiger partial charge in [0.15, 0.2) is 9.84 Å². The van der Waals surface area contributed by atoms with E-state index in [1.54, 1.807) is 0 Å². The molecule has 2 aliphatic rings. The van der Waals surface area contributed by atoms with Crippen LogP contribution in [0.4, 0.5) is 0 Å². The van der Waals surface area contributed by atoms with Crippen LogP contribution in [0.25, 0.3) is 0 Å². The Labute approximate surface area is 98.1 Å². The van der Waals surface area contributed by atoms with Gasteiger partial charge in [0.2, 0.25) is 0 Å². The quantitative estimate of drug-likeness (QED) is 0.750. The van der Waals surface area contributed by atoms with E-state index in [-0.39, 0.29) is 0 Å². The summed E-state index contributed by atoms with van der Waals surface area (Å²) in [6.45, 7) is 5.18. The van der Waals surface area contributed by atoms with Crippen LogP contribution < -0.4 is 5.73 Å². The third-order valence-corrected chi connectivity index (χ3v) is 5.74. The largest absolute Gasteiger partial charge is 0.327 e. The topological polar surface area (TPSA) is 63.4 Å². The average molecular weight is 246 g/mol. The van der Waals surface area contributed by atoms with Crippen molar-refractivity contribution in [1.82, 2.24) is 4.90 Å². The Morgan fingerprint density at radius 3 is 2.69 bits per heavy atom. The van der Waals surface area contributed by atoms with E-state index in [0.29, 0.717) is 29.4 Å². The van der Waals surface area contributed by atoms with Crippen LogP contribution in [-0.2, 0) is 9.84 Å². The predicted octanol–water partition coefficient (Wildman–Crippen LogP) is 0.0902. The van der Waals surface area contributed by atoms with E-state index < -0.39 is 9.84 Å². The number of nitrogens with two attached hydrogens (primary N) is 1. The molecule has 2 heterocycles. The zero-order chi connectivity index (χ0) is 11.8. The summed E-state index contributed by atoms with van der Waals surface area (Å²) >= 11 is 0. The van der Waals surface area contributed by atoms with Gasteiger partial charge in [-0.05, 0) is 31.2 Å². The highest BCUT2D eigenvalue weighted by Gasteiger charge is 2.31. The smallest absolute Gasteiger partial charge is 0.150 e. The van der Waals surface area contributed by atoms with Crippen molar-refractivity contribution >= 4 is 9.84 Å². The fourth-order valence-electron chi connectivity index (χ4n) is 2.80. The molecule has 2 aliphatic heterocycles. The highest BCUT2D eigenvalue weighted by molar-refractivity contribution is 7.91. The lowest BCUT2D eigenvalue weighted by Crippen LogP contribution is -2.47. The molecular weight excluding hydrogens is 224 g/mol. The van der Waals surface area contributed by atoms with Gasteiger partial charge in [0.25, 0.3) is 0 Å². The second-order valence-corrected chi connectivity index (χ2v) is 7.69. The molecule has 94 valence electrons. The number of likely N-dealkylation sites (tertiary alicyclic amines) is 1. The molecule has 0 spiro atoms. The fourth-order valence-corrected chi connectivity index (χ4v) is 4.65. The van der Waals surface area contributed by atoms with Gasteiger partial charge >= 0.3 is 0 Å². The van der Waals surface area contributed by atoms with Gasteiger partial charge in [-0.25, -0.2) is 8.42 Å². The number of hydrogen-bond donors (Lipinski definition) is 1. The summed E-state index contributed by atoms with van der Waals surface area (Å²) in [6, 6.07) is 0.323. The van der Waals surface area contributed by atoms with Crippen LogP contribution in [0.5, 0.6) is 0 Å². The summed E-state index contributed by atoms with van der Waals surface area (Å²) in [6.07, 6.45) is 1.89. The van der Waals surface area contributed by atoms with Gasteiger partial charge in [-0.15, -0.1) is 0 Å². The van der Waals surface area contributed by atoms with Crippen molar-refractivity contribution in [3.8, 4) is 0 Å². The van der Waals surface area contributed by atoms with E-state index in [4.69, 9.17) is 5.73 Å². The molecule has 2 rings (SSSR count). The maximum Gasteiger partial charge on any atom is 0.150 e. The molecular formula is C11H22N2O2S. The summed E-state index contributed by atoms with van der Waals surface area (Å²) in [5.74, 6) is 1.67. The maximum atomic E-state index is 11.4. The zero-order valence-electron chi connectivity index (χ0n) is 9.93. The molecule has 3 unspecified atom stereocenters. The Morgan fingerprint density at radius 2 is 2.12 bits per heavy atom. The molecule has 2 N–H and O–H groups in total. The average Bonchev–Trinajstić information content (AvgIpc) is 2.52. The summed E-state index contributed by atoms with van der Waals surface area (Å²) < 4.78 is 22.7. The Balaban J connectivity index is 1.83. The normalized spacial score (nSPS) is 40.0. The van der Waals surface area contributed by atoms with Crippen LogP contribution in [0.2, 0.25) is 0 Å². The Kier molecular flexibility index (Phi) is 3.56. The van der Waals surface area contributed by atoms with Crippen LogP contribution in [-0.4, -0.2) is 50.5 Å². The van der Waals surface area contributed by atoms with Crippen molar-refractivity contribution in [3.05, 3.63) is 0 Å². The minimum absolute atomic E-state index is 0.323. The molecule has 0 radical (unpaired) electrons. The molecule has 0 bridgehead atoms. The molecule has 2 fully saturated rings. The van der Waals surface area contributed by atoms with Gasteiger partial charge in [-0.2, -0.15) is 0 Å². The molecule has 4 nitrogen and oxygen atoms in total. The Hall–Kier alpha value is -0.130. The van der Waals surface area contributed by atoms with Crippen molar-refractivity contribution in [3.63, 3.8) is 0 Å². The lowest BCUT2D eigenvalue weighted by atomic mass is 9.94.